The summed E-state index contributed by atoms with van der Waals surface area (Å²) in [7, 11) is 0. The summed E-state index contributed by atoms with van der Waals surface area (Å²) in [6.07, 6.45) is 1.24. The maximum Gasteiger partial charge on any atom is 0.221 e. The third-order valence-corrected chi connectivity index (χ3v) is 5.50. The molecule has 154 valence electrons. The summed E-state index contributed by atoms with van der Waals surface area (Å²) >= 11 is 0. The fourth-order valence-corrected chi connectivity index (χ4v) is 3.90. The van der Waals surface area contributed by atoms with E-state index in [2.05, 4.69) is 16.4 Å². The van der Waals surface area contributed by atoms with Crippen LogP contribution in [0.3, 0.4) is 0 Å². The van der Waals surface area contributed by atoms with E-state index in [0.29, 0.717) is 25.0 Å². The number of amides is 1. The summed E-state index contributed by atoms with van der Waals surface area (Å²) < 4.78 is 32.5. The largest absolute Gasteiger partial charge is 0.381 e. The quantitative estimate of drug-likeness (QED) is 0.644. The van der Waals surface area contributed by atoms with Crippen LogP contribution in [0.15, 0.2) is 42.5 Å². The Morgan fingerprint density at radius 1 is 1.23 bits per heavy atom. The number of carbonyl (C=O) groups excluding carboxylic acids is 1. The zero-order valence-electron chi connectivity index (χ0n) is 16.3. The van der Waals surface area contributed by atoms with Crippen molar-refractivity contribution in [2.75, 3.05) is 13.2 Å². The topological polar surface area (TPSA) is 77.9 Å². The van der Waals surface area contributed by atoms with Crippen LogP contribution < -0.4 is 5.32 Å². The molecule has 2 atom stereocenters. The van der Waals surface area contributed by atoms with Crippen molar-refractivity contribution in [1.29, 1.82) is 5.26 Å². The number of carbonyl (C=O) groups is 1. The lowest BCUT2D eigenvalue weighted by atomic mass is 9.99. The van der Waals surface area contributed by atoms with E-state index in [9.17, 15) is 18.8 Å². The van der Waals surface area contributed by atoms with Crippen LogP contribution in [-0.2, 0) is 16.0 Å². The number of nitriles is 1. The van der Waals surface area contributed by atoms with Crippen LogP contribution in [0.4, 0.5) is 8.78 Å². The second-order valence-electron chi connectivity index (χ2n) is 7.47. The van der Waals surface area contributed by atoms with Crippen molar-refractivity contribution in [3.05, 3.63) is 59.7 Å². The highest BCUT2D eigenvalue weighted by Gasteiger charge is 2.27. The molecule has 30 heavy (non-hydrogen) atoms. The number of rotatable bonds is 6. The van der Waals surface area contributed by atoms with E-state index >= 15 is 0 Å². The minimum atomic E-state index is -0.586. The Morgan fingerprint density at radius 2 is 2.00 bits per heavy atom. The first-order valence-corrected chi connectivity index (χ1v) is 9.88. The number of H-pyrrole nitrogens is 1. The standard InChI is InChI=1S/C23H21F2N3O2/c24-16-3-1-14(2-4-16)23-18(19-11-17(25)5-7-20(19)28-23)6-8-22(29)27-21(12-26)15-9-10-30-13-15/h1-5,7,11,15,21,28H,6,8-10,13H2,(H,27,29). The van der Waals surface area contributed by atoms with Crippen molar-refractivity contribution in [3.63, 3.8) is 0 Å². The fourth-order valence-electron chi connectivity index (χ4n) is 3.90. The van der Waals surface area contributed by atoms with E-state index < -0.39 is 6.04 Å². The Kier molecular flexibility index (Phi) is 5.77. The molecule has 1 fully saturated rings. The molecule has 1 aliphatic rings. The van der Waals surface area contributed by atoms with Crippen LogP contribution in [-0.4, -0.2) is 30.1 Å². The molecule has 3 aromatic rings. The van der Waals surface area contributed by atoms with Crippen LogP contribution >= 0.6 is 0 Å². The summed E-state index contributed by atoms with van der Waals surface area (Å²) in [5, 5.41) is 12.8. The minimum Gasteiger partial charge on any atom is -0.381 e. The van der Waals surface area contributed by atoms with Gasteiger partial charge in [0.25, 0.3) is 0 Å². The van der Waals surface area contributed by atoms with Crippen molar-refractivity contribution in [3.8, 4) is 17.3 Å². The zero-order chi connectivity index (χ0) is 21.1. The van der Waals surface area contributed by atoms with Crippen LogP contribution in [0.1, 0.15) is 18.4 Å². The molecule has 2 N–H and O–H groups in total. The number of hydrogen-bond donors (Lipinski definition) is 2. The molecule has 1 aliphatic heterocycles. The van der Waals surface area contributed by atoms with E-state index in [-0.39, 0.29) is 29.9 Å². The molecule has 4 rings (SSSR count). The average Bonchev–Trinajstić information content (AvgIpc) is 3.39. The molecule has 0 radical (unpaired) electrons. The zero-order valence-corrected chi connectivity index (χ0v) is 16.3. The van der Waals surface area contributed by atoms with Gasteiger partial charge < -0.3 is 15.0 Å². The van der Waals surface area contributed by atoms with Crippen LogP contribution in [0.2, 0.25) is 0 Å². The third kappa shape index (κ3) is 4.19. The summed E-state index contributed by atoms with van der Waals surface area (Å²) in [6.45, 7) is 1.07. The number of aromatic nitrogens is 1. The van der Waals surface area contributed by atoms with Gasteiger partial charge in [0.2, 0.25) is 5.91 Å². The Morgan fingerprint density at radius 3 is 2.70 bits per heavy atom. The molecular weight excluding hydrogens is 388 g/mol. The number of aromatic amines is 1. The maximum atomic E-state index is 13.9. The van der Waals surface area contributed by atoms with Crippen molar-refractivity contribution >= 4 is 16.8 Å². The summed E-state index contributed by atoms with van der Waals surface area (Å²) in [5.74, 6) is -0.968. The normalized spacial score (nSPS) is 17.0. The Labute approximate surface area is 172 Å². The van der Waals surface area contributed by atoms with Gasteiger partial charge in [-0.1, -0.05) is 0 Å². The van der Waals surface area contributed by atoms with Gasteiger partial charge in [0.1, 0.15) is 17.7 Å². The van der Waals surface area contributed by atoms with Gasteiger partial charge in [-0.2, -0.15) is 5.26 Å². The van der Waals surface area contributed by atoms with Crippen LogP contribution in [0, 0.1) is 28.9 Å². The molecule has 0 bridgehead atoms. The number of benzene rings is 2. The lowest BCUT2D eigenvalue weighted by Crippen LogP contribution is -2.39. The van der Waals surface area contributed by atoms with Gasteiger partial charge in [0.15, 0.2) is 0 Å². The number of halogens is 2. The van der Waals surface area contributed by atoms with Gasteiger partial charge in [-0.3, -0.25) is 4.79 Å². The first kappa shape index (κ1) is 20.0. The highest BCUT2D eigenvalue weighted by atomic mass is 19.1. The molecule has 1 saturated heterocycles. The smallest absolute Gasteiger partial charge is 0.221 e. The van der Waals surface area contributed by atoms with Gasteiger partial charge in [0, 0.05) is 35.5 Å². The maximum absolute atomic E-state index is 13.9. The summed E-state index contributed by atoms with van der Waals surface area (Å²) in [4.78, 5) is 15.8. The summed E-state index contributed by atoms with van der Waals surface area (Å²) in [6, 6.07) is 12.0. The number of nitrogens with zero attached hydrogens (tertiary/aromatic N) is 1. The lowest BCUT2D eigenvalue weighted by Gasteiger charge is -2.16. The first-order valence-electron chi connectivity index (χ1n) is 9.88. The molecule has 0 aliphatic carbocycles. The molecule has 1 amide bonds. The highest BCUT2D eigenvalue weighted by Crippen LogP contribution is 2.32. The van der Waals surface area contributed by atoms with Crippen LogP contribution in [0.5, 0.6) is 0 Å². The molecule has 2 unspecified atom stereocenters. The second kappa shape index (κ2) is 8.64. The first-order chi connectivity index (χ1) is 14.5. The molecule has 1 aromatic heterocycles. The molecular formula is C23H21F2N3O2. The van der Waals surface area contributed by atoms with Crippen molar-refractivity contribution in [2.24, 2.45) is 5.92 Å². The number of nitrogens with one attached hydrogen (secondary N) is 2. The van der Waals surface area contributed by atoms with Gasteiger partial charge in [-0.05, 0) is 66.4 Å². The molecule has 0 saturated carbocycles. The monoisotopic (exact) mass is 409 g/mol. The number of aryl methyl sites for hydroxylation is 1. The van der Waals surface area contributed by atoms with Gasteiger partial charge >= 0.3 is 0 Å². The van der Waals surface area contributed by atoms with E-state index in [1.807, 2.05) is 0 Å². The van der Waals surface area contributed by atoms with E-state index in [1.165, 1.54) is 24.3 Å². The van der Waals surface area contributed by atoms with E-state index in [0.717, 1.165) is 28.8 Å². The molecule has 5 nitrogen and oxygen atoms in total. The number of fused-ring (bicyclic) bond motifs is 1. The van der Waals surface area contributed by atoms with Crippen molar-refractivity contribution < 1.29 is 18.3 Å². The van der Waals surface area contributed by atoms with E-state index in [1.54, 1.807) is 18.2 Å². The molecule has 2 heterocycles. The molecule has 7 heteroatoms. The third-order valence-electron chi connectivity index (χ3n) is 5.50. The fraction of sp³-hybridized carbons (Fsp3) is 0.304. The minimum absolute atomic E-state index is 0.00379. The van der Waals surface area contributed by atoms with E-state index in [4.69, 9.17) is 4.74 Å². The number of hydrogen-bond acceptors (Lipinski definition) is 3. The predicted octanol–water partition coefficient (Wildman–Crippen LogP) is 4.09. The predicted molar refractivity (Wildman–Crippen MR) is 108 cm³/mol. The van der Waals surface area contributed by atoms with Crippen molar-refractivity contribution in [2.45, 2.75) is 25.3 Å². The average molecular weight is 409 g/mol. The molecule has 2 aromatic carbocycles. The SMILES string of the molecule is N#CC(NC(=O)CCc1c(-c2ccc(F)cc2)[nH]c2ccc(F)cc12)C1CCOC1. The van der Waals surface area contributed by atoms with Gasteiger partial charge in [-0.25, -0.2) is 8.78 Å². The lowest BCUT2D eigenvalue weighted by molar-refractivity contribution is -0.121. The molecule has 0 spiro atoms. The Bertz CT molecular complexity index is 1100. The second-order valence-corrected chi connectivity index (χ2v) is 7.47. The van der Waals surface area contributed by atoms with Gasteiger partial charge in [0.05, 0.1) is 12.7 Å². The Hall–Kier alpha value is -3.24. The van der Waals surface area contributed by atoms with Crippen molar-refractivity contribution in [1.82, 2.24) is 10.3 Å². The number of ether oxygens (including phenoxy) is 1. The van der Waals surface area contributed by atoms with Crippen LogP contribution in [0.25, 0.3) is 22.2 Å². The summed E-state index contributed by atoms with van der Waals surface area (Å²) in [5.41, 5.74) is 3.00. The highest BCUT2D eigenvalue weighted by molar-refractivity contribution is 5.91. The van der Waals surface area contributed by atoms with Gasteiger partial charge in [-0.15, -0.1) is 0 Å². The Balaban J connectivity index is 1.57.